The van der Waals surface area contributed by atoms with Crippen molar-refractivity contribution in [2.24, 2.45) is 11.7 Å². The van der Waals surface area contributed by atoms with Crippen LogP contribution in [-0.4, -0.2) is 30.0 Å². The summed E-state index contributed by atoms with van der Waals surface area (Å²) >= 11 is 0. The Balaban J connectivity index is 3.59. The van der Waals surface area contributed by atoms with E-state index < -0.39 is 5.60 Å². The maximum Gasteiger partial charge on any atom is 0.0767 e. The summed E-state index contributed by atoms with van der Waals surface area (Å²) in [5.41, 5.74) is 4.84. The smallest absolute Gasteiger partial charge is 0.0767 e. The van der Waals surface area contributed by atoms with Gasteiger partial charge in [0.05, 0.1) is 11.7 Å². The summed E-state index contributed by atoms with van der Waals surface area (Å²) in [6, 6.07) is 0. The third-order valence-electron chi connectivity index (χ3n) is 3.03. The van der Waals surface area contributed by atoms with Crippen molar-refractivity contribution in [2.45, 2.75) is 65.1 Å². The first-order chi connectivity index (χ1) is 7.43. The normalized spacial score (nSPS) is 17.4. The van der Waals surface area contributed by atoms with E-state index in [1.807, 2.05) is 6.92 Å². The molecule has 0 aliphatic heterocycles. The van der Waals surface area contributed by atoms with E-state index in [1.54, 1.807) is 0 Å². The van der Waals surface area contributed by atoms with Crippen molar-refractivity contribution in [1.29, 1.82) is 0 Å². The van der Waals surface area contributed by atoms with Gasteiger partial charge in [0.1, 0.15) is 0 Å². The highest BCUT2D eigenvalue weighted by Gasteiger charge is 2.21. The third kappa shape index (κ3) is 7.20. The topological polar surface area (TPSA) is 55.5 Å². The van der Waals surface area contributed by atoms with Crippen LogP contribution in [0.5, 0.6) is 0 Å². The van der Waals surface area contributed by atoms with E-state index in [2.05, 4.69) is 20.8 Å². The van der Waals surface area contributed by atoms with Gasteiger partial charge >= 0.3 is 0 Å². The summed E-state index contributed by atoms with van der Waals surface area (Å²) in [5, 5.41) is 9.96. The van der Waals surface area contributed by atoms with Crippen molar-refractivity contribution in [2.75, 3.05) is 13.2 Å². The van der Waals surface area contributed by atoms with Crippen LogP contribution >= 0.6 is 0 Å². The Morgan fingerprint density at radius 3 is 2.38 bits per heavy atom. The maximum atomic E-state index is 9.96. The van der Waals surface area contributed by atoms with Crippen molar-refractivity contribution in [3.8, 4) is 0 Å². The molecule has 0 bridgehead atoms. The fourth-order valence-electron chi connectivity index (χ4n) is 1.84. The van der Waals surface area contributed by atoms with E-state index in [4.69, 9.17) is 10.5 Å². The Bertz CT molecular complexity index is 167. The minimum Gasteiger partial charge on any atom is -0.389 e. The molecule has 0 aliphatic rings. The molecular formula is C13H29NO2. The highest BCUT2D eigenvalue weighted by molar-refractivity contribution is 4.77. The van der Waals surface area contributed by atoms with Gasteiger partial charge in [-0.25, -0.2) is 0 Å². The Morgan fingerprint density at radius 2 is 1.94 bits per heavy atom. The largest absolute Gasteiger partial charge is 0.389 e. The maximum absolute atomic E-state index is 9.96. The highest BCUT2D eigenvalue weighted by atomic mass is 16.5. The number of rotatable bonds is 9. The van der Waals surface area contributed by atoms with Gasteiger partial charge in [0.2, 0.25) is 0 Å². The summed E-state index contributed by atoms with van der Waals surface area (Å²) < 4.78 is 5.69. The molecule has 0 heterocycles. The molecule has 0 aromatic carbocycles. The van der Waals surface area contributed by atoms with Gasteiger partial charge in [-0.3, -0.25) is 0 Å². The fourth-order valence-corrected chi connectivity index (χ4v) is 1.84. The van der Waals surface area contributed by atoms with Crippen LogP contribution in [0, 0.1) is 5.92 Å². The summed E-state index contributed by atoms with van der Waals surface area (Å²) in [5.74, 6) is 0.673. The molecule has 3 N–H and O–H groups in total. The van der Waals surface area contributed by atoms with Crippen LogP contribution < -0.4 is 5.73 Å². The Kier molecular flexibility index (Phi) is 7.98. The number of hydrogen-bond acceptors (Lipinski definition) is 3. The Labute approximate surface area is 100 Å². The molecule has 0 saturated carbocycles. The molecule has 0 aromatic rings. The molecule has 2 atom stereocenters. The van der Waals surface area contributed by atoms with Crippen LogP contribution in [-0.2, 0) is 4.74 Å². The van der Waals surface area contributed by atoms with Crippen LogP contribution in [0.1, 0.15) is 53.4 Å². The van der Waals surface area contributed by atoms with Gasteiger partial charge in [0, 0.05) is 13.2 Å². The minimum atomic E-state index is -0.690. The second-order valence-electron chi connectivity index (χ2n) is 5.20. The van der Waals surface area contributed by atoms with E-state index in [1.165, 1.54) is 0 Å². The summed E-state index contributed by atoms with van der Waals surface area (Å²) in [7, 11) is 0. The zero-order chi connectivity index (χ0) is 12.6. The van der Waals surface area contributed by atoms with E-state index >= 15 is 0 Å². The molecule has 0 aliphatic carbocycles. The Morgan fingerprint density at radius 1 is 1.31 bits per heavy atom. The molecular weight excluding hydrogens is 202 g/mol. The third-order valence-corrected chi connectivity index (χ3v) is 3.03. The minimum absolute atomic E-state index is 0.313. The lowest BCUT2D eigenvalue weighted by Crippen LogP contribution is -2.37. The molecule has 3 nitrogen and oxygen atoms in total. The first-order valence-electron chi connectivity index (χ1n) is 6.47. The number of nitrogens with two attached hydrogens (primary N) is 1. The molecule has 0 spiro atoms. The fraction of sp³-hybridized carbons (Fsp3) is 1.00. The van der Waals surface area contributed by atoms with Gasteiger partial charge in [0.15, 0.2) is 0 Å². The summed E-state index contributed by atoms with van der Waals surface area (Å²) in [4.78, 5) is 0. The average Bonchev–Trinajstić information content (AvgIpc) is 2.23. The van der Waals surface area contributed by atoms with E-state index in [0.717, 1.165) is 25.9 Å². The second kappa shape index (κ2) is 8.04. The predicted molar refractivity (Wildman–Crippen MR) is 68.4 cm³/mol. The predicted octanol–water partition coefficient (Wildman–Crippen LogP) is 2.32. The lowest BCUT2D eigenvalue weighted by Gasteiger charge is -2.25. The van der Waals surface area contributed by atoms with Crippen molar-refractivity contribution < 1.29 is 9.84 Å². The number of aliphatic hydroxyl groups is 1. The standard InChI is InChI=1S/C13H29NO2/c1-5-13(15,10-14)7-6-8-16-12(4)9-11(2)3/h11-12,15H,5-10,14H2,1-4H3. The lowest BCUT2D eigenvalue weighted by atomic mass is 9.95. The molecule has 0 aromatic heterocycles. The molecule has 16 heavy (non-hydrogen) atoms. The zero-order valence-corrected chi connectivity index (χ0v) is 11.3. The van der Waals surface area contributed by atoms with Gasteiger partial charge in [-0.2, -0.15) is 0 Å². The molecule has 2 unspecified atom stereocenters. The molecule has 0 fully saturated rings. The summed E-state index contributed by atoms with van der Waals surface area (Å²) in [6.07, 6.45) is 3.73. The Hall–Kier alpha value is -0.120. The monoisotopic (exact) mass is 231 g/mol. The van der Waals surface area contributed by atoms with Crippen LogP contribution in [0.15, 0.2) is 0 Å². The molecule has 3 heteroatoms. The molecule has 0 amide bonds. The van der Waals surface area contributed by atoms with Gasteiger partial charge in [-0.1, -0.05) is 20.8 Å². The highest BCUT2D eigenvalue weighted by Crippen LogP contribution is 2.16. The lowest BCUT2D eigenvalue weighted by molar-refractivity contribution is 0.00875. The quantitative estimate of drug-likeness (QED) is 0.599. The summed E-state index contributed by atoms with van der Waals surface area (Å²) in [6.45, 7) is 9.53. The van der Waals surface area contributed by atoms with Crippen molar-refractivity contribution in [1.82, 2.24) is 0 Å². The van der Waals surface area contributed by atoms with E-state index in [0.29, 0.717) is 25.0 Å². The first-order valence-corrected chi connectivity index (χ1v) is 6.47. The van der Waals surface area contributed by atoms with Crippen molar-refractivity contribution in [3.63, 3.8) is 0 Å². The van der Waals surface area contributed by atoms with Gasteiger partial charge in [-0.05, 0) is 38.5 Å². The van der Waals surface area contributed by atoms with Crippen LogP contribution in [0.25, 0.3) is 0 Å². The van der Waals surface area contributed by atoms with Gasteiger partial charge in [0.25, 0.3) is 0 Å². The van der Waals surface area contributed by atoms with Gasteiger partial charge < -0.3 is 15.6 Å². The molecule has 98 valence electrons. The van der Waals surface area contributed by atoms with Crippen molar-refractivity contribution >= 4 is 0 Å². The SMILES string of the molecule is CCC(O)(CN)CCCOC(C)CC(C)C. The van der Waals surface area contributed by atoms with E-state index in [-0.39, 0.29) is 0 Å². The number of ether oxygens (including phenoxy) is 1. The second-order valence-corrected chi connectivity index (χ2v) is 5.20. The van der Waals surface area contributed by atoms with Crippen LogP contribution in [0.2, 0.25) is 0 Å². The first kappa shape index (κ1) is 15.9. The molecule has 0 rings (SSSR count). The van der Waals surface area contributed by atoms with Crippen molar-refractivity contribution in [3.05, 3.63) is 0 Å². The van der Waals surface area contributed by atoms with Crippen LogP contribution in [0.3, 0.4) is 0 Å². The van der Waals surface area contributed by atoms with Gasteiger partial charge in [-0.15, -0.1) is 0 Å². The molecule has 0 saturated heterocycles. The average molecular weight is 231 g/mol. The zero-order valence-electron chi connectivity index (χ0n) is 11.3. The van der Waals surface area contributed by atoms with Crippen LogP contribution in [0.4, 0.5) is 0 Å². The number of hydrogen-bond donors (Lipinski definition) is 2. The molecule has 0 radical (unpaired) electrons. The van der Waals surface area contributed by atoms with E-state index in [9.17, 15) is 5.11 Å².